The number of hydrogen-bond acceptors (Lipinski definition) is 5. The van der Waals surface area contributed by atoms with Crippen LogP contribution in [-0.4, -0.2) is 29.4 Å². The molecule has 0 saturated carbocycles. The van der Waals surface area contributed by atoms with E-state index in [1.54, 1.807) is 41.2 Å². The van der Waals surface area contributed by atoms with E-state index in [1.807, 2.05) is 42.6 Å². The monoisotopic (exact) mass is 441 g/mol. The zero-order valence-corrected chi connectivity index (χ0v) is 17.7. The molecule has 0 fully saturated rings. The highest BCUT2D eigenvalue weighted by Crippen LogP contribution is 2.35. The van der Waals surface area contributed by atoms with Crippen LogP contribution in [-0.2, 0) is 9.84 Å². The van der Waals surface area contributed by atoms with Gasteiger partial charge in [-0.3, -0.25) is 0 Å². The quantitative estimate of drug-likeness (QED) is 0.429. The van der Waals surface area contributed by atoms with Crippen molar-refractivity contribution in [2.24, 2.45) is 0 Å². The molecule has 2 aromatic carbocycles. The van der Waals surface area contributed by atoms with Crippen molar-refractivity contribution in [2.45, 2.75) is 14.8 Å². The molecule has 0 atom stereocenters. The Morgan fingerprint density at radius 2 is 1.69 bits per heavy atom. The molecule has 0 aliphatic carbocycles. The van der Waals surface area contributed by atoms with Gasteiger partial charge in [0.25, 0.3) is 0 Å². The number of sulfone groups is 1. The van der Waals surface area contributed by atoms with Gasteiger partial charge in [0, 0.05) is 24.2 Å². The summed E-state index contributed by atoms with van der Waals surface area (Å²) in [6.45, 7) is 0. The molecule has 8 heteroatoms. The third-order valence-corrected chi connectivity index (χ3v) is 6.49. The van der Waals surface area contributed by atoms with Crippen LogP contribution in [0.2, 0.25) is 5.02 Å². The Morgan fingerprint density at radius 3 is 2.31 bits per heavy atom. The van der Waals surface area contributed by atoms with Crippen LogP contribution in [0.15, 0.2) is 93.9 Å². The highest BCUT2D eigenvalue weighted by molar-refractivity contribution is 7.99. The maximum atomic E-state index is 11.8. The normalized spacial score (nSPS) is 11.5. The number of rotatable bonds is 5. The molecule has 0 radical (unpaired) electrons. The summed E-state index contributed by atoms with van der Waals surface area (Å²) in [5, 5.41) is 6.11. The van der Waals surface area contributed by atoms with Crippen LogP contribution in [0.25, 0.3) is 16.9 Å². The van der Waals surface area contributed by atoms with E-state index in [1.165, 1.54) is 18.0 Å². The molecule has 0 bridgehead atoms. The summed E-state index contributed by atoms with van der Waals surface area (Å²) in [4.78, 5) is 5.53. The zero-order valence-electron chi connectivity index (χ0n) is 15.4. The van der Waals surface area contributed by atoms with Crippen LogP contribution in [0.5, 0.6) is 0 Å². The first kappa shape index (κ1) is 19.7. The van der Waals surface area contributed by atoms with Gasteiger partial charge >= 0.3 is 0 Å². The van der Waals surface area contributed by atoms with Crippen LogP contribution in [0.3, 0.4) is 0 Å². The molecular weight excluding hydrogens is 426 g/mol. The fourth-order valence-corrected chi connectivity index (χ4v) is 4.36. The molecule has 4 aromatic rings. The number of aromatic nitrogens is 3. The Morgan fingerprint density at radius 1 is 0.966 bits per heavy atom. The second kappa shape index (κ2) is 8.02. The van der Waals surface area contributed by atoms with Gasteiger partial charge in [0.15, 0.2) is 9.84 Å². The van der Waals surface area contributed by atoms with Crippen molar-refractivity contribution in [1.29, 1.82) is 0 Å². The summed E-state index contributed by atoms with van der Waals surface area (Å²) >= 11 is 7.41. The number of halogens is 1. The van der Waals surface area contributed by atoms with Crippen LogP contribution < -0.4 is 0 Å². The van der Waals surface area contributed by atoms with E-state index in [2.05, 4.69) is 4.98 Å². The molecule has 0 N–H and O–H groups in total. The molecule has 146 valence electrons. The van der Waals surface area contributed by atoms with E-state index in [0.717, 1.165) is 26.9 Å². The molecule has 0 aliphatic heterocycles. The largest absolute Gasteiger partial charge is 0.248 e. The molecule has 4 rings (SSSR count). The Hall–Kier alpha value is -2.61. The molecule has 5 nitrogen and oxygen atoms in total. The first-order chi connectivity index (χ1) is 13.9. The van der Waals surface area contributed by atoms with E-state index >= 15 is 0 Å². The van der Waals surface area contributed by atoms with E-state index in [9.17, 15) is 8.42 Å². The molecule has 0 saturated heterocycles. The maximum Gasteiger partial charge on any atom is 0.175 e. The minimum Gasteiger partial charge on any atom is -0.248 e. The zero-order chi connectivity index (χ0) is 20.4. The van der Waals surface area contributed by atoms with Crippen molar-refractivity contribution in [1.82, 2.24) is 14.8 Å². The lowest BCUT2D eigenvalue weighted by atomic mass is 10.2. The summed E-state index contributed by atoms with van der Waals surface area (Å²) in [5.74, 6) is 0. The van der Waals surface area contributed by atoms with Crippen LogP contribution in [0, 0.1) is 0 Å². The molecule has 2 heterocycles. The van der Waals surface area contributed by atoms with Gasteiger partial charge in [0.1, 0.15) is 10.7 Å². The predicted octanol–water partition coefficient (Wildman–Crippen LogP) is 5.14. The van der Waals surface area contributed by atoms with Crippen molar-refractivity contribution < 1.29 is 8.42 Å². The molecule has 0 unspecified atom stereocenters. The summed E-state index contributed by atoms with van der Waals surface area (Å²) in [6, 6.07) is 20.2. The smallest absolute Gasteiger partial charge is 0.175 e. The van der Waals surface area contributed by atoms with Crippen molar-refractivity contribution in [3.05, 3.63) is 84.1 Å². The van der Waals surface area contributed by atoms with Crippen molar-refractivity contribution in [3.63, 3.8) is 0 Å². The number of para-hydroxylation sites is 1. The van der Waals surface area contributed by atoms with E-state index in [0.29, 0.717) is 5.02 Å². The second-order valence-corrected chi connectivity index (χ2v) is 9.85. The fourth-order valence-electron chi connectivity index (χ4n) is 2.74. The van der Waals surface area contributed by atoms with Gasteiger partial charge < -0.3 is 0 Å². The number of nitrogens with zero attached hydrogens (tertiary/aromatic N) is 3. The Kier molecular flexibility index (Phi) is 5.45. The lowest BCUT2D eigenvalue weighted by molar-refractivity contribution is 0.602. The van der Waals surface area contributed by atoms with Crippen molar-refractivity contribution in [3.8, 4) is 16.9 Å². The van der Waals surface area contributed by atoms with Crippen molar-refractivity contribution >= 4 is 33.2 Å². The third kappa shape index (κ3) is 4.53. The van der Waals surface area contributed by atoms with Crippen LogP contribution in [0.4, 0.5) is 0 Å². The van der Waals surface area contributed by atoms with Crippen LogP contribution >= 0.6 is 23.4 Å². The summed E-state index contributed by atoms with van der Waals surface area (Å²) in [5.41, 5.74) is 2.50. The molecule has 0 aliphatic rings. The second-order valence-electron chi connectivity index (χ2n) is 6.34. The minimum atomic E-state index is -3.26. The maximum absolute atomic E-state index is 11.8. The van der Waals surface area contributed by atoms with Crippen LogP contribution in [0.1, 0.15) is 0 Å². The fraction of sp³-hybridized carbons (Fsp3) is 0.0476. The molecular formula is C21H16ClN3O2S2. The Balaban J connectivity index is 1.78. The molecule has 29 heavy (non-hydrogen) atoms. The molecule has 0 amide bonds. The first-order valence-corrected chi connectivity index (χ1v) is 11.7. The highest BCUT2D eigenvalue weighted by atomic mass is 35.5. The van der Waals surface area contributed by atoms with Gasteiger partial charge in [-0.1, -0.05) is 53.7 Å². The molecule has 0 spiro atoms. The predicted molar refractivity (Wildman–Crippen MR) is 115 cm³/mol. The summed E-state index contributed by atoms with van der Waals surface area (Å²) in [6.07, 6.45) is 4.74. The number of pyridine rings is 1. The van der Waals surface area contributed by atoms with Crippen molar-refractivity contribution in [2.75, 3.05) is 6.26 Å². The highest BCUT2D eigenvalue weighted by Gasteiger charge is 2.15. The summed E-state index contributed by atoms with van der Waals surface area (Å²) in [7, 11) is -3.26. The Bertz CT molecular complexity index is 1240. The summed E-state index contributed by atoms with van der Waals surface area (Å²) < 4.78 is 25.3. The van der Waals surface area contributed by atoms with Gasteiger partial charge in [-0.2, -0.15) is 5.10 Å². The lowest BCUT2D eigenvalue weighted by Crippen LogP contribution is -1.97. The van der Waals surface area contributed by atoms with Gasteiger partial charge in [-0.25, -0.2) is 18.1 Å². The van der Waals surface area contributed by atoms with Gasteiger partial charge in [0.2, 0.25) is 0 Å². The molecule has 2 aromatic heterocycles. The lowest BCUT2D eigenvalue weighted by Gasteiger charge is -2.04. The Labute approximate surface area is 178 Å². The average molecular weight is 442 g/mol. The van der Waals surface area contributed by atoms with E-state index in [-0.39, 0.29) is 4.90 Å². The van der Waals surface area contributed by atoms with E-state index in [4.69, 9.17) is 16.7 Å². The van der Waals surface area contributed by atoms with Gasteiger partial charge in [-0.15, -0.1) is 0 Å². The van der Waals surface area contributed by atoms with Gasteiger partial charge in [-0.05, 0) is 36.4 Å². The van der Waals surface area contributed by atoms with Gasteiger partial charge in [0.05, 0.1) is 20.5 Å². The number of benzene rings is 2. The van der Waals surface area contributed by atoms with E-state index < -0.39 is 9.84 Å². The standard InChI is InChI=1S/C21H16ClN3O2S2/c1-29(26,27)18-10-7-15(8-11-18)21-19(28-20-12-9-16(22)13-23-20)14-25(24-21)17-5-3-2-4-6-17/h2-14H,1H3. The first-order valence-electron chi connectivity index (χ1n) is 8.65. The minimum absolute atomic E-state index is 0.275. The number of hydrogen-bond donors (Lipinski definition) is 0. The SMILES string of the molecule is CS(=O)(=O)c1ccc(-c2nn(-c3ccccc3)cc2Sc2ccc(Cl)cn2)cc1. The average Bonchev–Trinajstić information content (AvgIpc) is 3.14. The third-order valence-electron chi connectivity index (χ3n) is 4.17. The topological polar surface area (TPSA) is 64.8 Å².